The van der Waals surface area contributed by atoms with Gasteiger partial charge in [-0.3, -0.25) is 4.79 Å². The van der Waals surface area contributed by atoms with Gasteiger partial charge in [-0.2, -0.15) is 74.6 Å². The molecular weight excluding hydrogens is 691 g/mol. The number of carbonyl (C=O) groups excluding carboxylic acids is 1. The Kier molecular flexibility index (Phi) is 16.9. The molecule has 0 unspecified atom stereocenters. The molecule has 0 aliphatic carbocycles. The van der Waals surface area contributed by atoms with Gasteiger partial charge in [-0.15, -0.1) is 0 Å². The summed E-state index contributed by atoms with van der Waals surface area (Å²) >= 11 is 0. The standard InChI is InChI=1S/C28H37F17O2/c1-2-3-4-5-6-7-8-9-10-11-12-13-14-15-16-17-20(46)47-19-18-21(29,30)22(31,32)23(33,34)24(35,36)25(37,38)26(39,40)27(41,42)28(43,44)45/h9-10H,2-8,11-19H2,1H3/b10-9+. The molecule has 0 fully saturated rings. The van der Waals surface area contributed by atoms with E-state index in [1.807, 2.05) is 6.08 Å². The molecule has 0 aromatic heterocycles. The second-order valence-electron chi connectivity index (χ2n) is 11.0. The first-order chi connectivity index (χ1) is 21.2. The summed E-state index contributed by atoms with van der Waals surface area (Å²) in [5.74, 6) is -58.1. The van der Waals surface area contributed by atoms with E-state index in [2.05, 4.69) is 17.7 Å². The fourth-order valence-electron chi connectivity index (χ4n) is 4.06. The summed E-state index contributed by atoms with van der Waals surface area (Å²) in [5, 5.41) is 0. The topological polar surface area (TPSA) is 26.3 Å². The van der Waals surface area contributed by atoms with Crippen molar-refractivity contribution in [3.05, 3.63) is 12.2 Å². The van der Waals surface area contributed by atoms with Crippen LogP contribution in [0, 0.1) is 0 Å². The summed E-state index contributed by atoms with van der Waals surface area (Å²) in [7, 11) is 0. The molecule has 0 radical (unpaired) electrons. The lowest BCUT2D eigenvalue weighted by molar-refractivity contribution is -0.461. The van der Waals surface area contributed by atoms with Gasteiger partial charge in [0, 0.05) is 6.42 Å². The van der Waals surface area contributed by atoms with Crippen LogP contribution in [0.3, 0.4) is 0 Å². The molecule has 0 amide bonds. The third kappa shape index (κ3) is 10.8. The lowest BCUT2D eigenvalue weighted by Crippen LogP contribution is -2.74. The van der Waals surface area contributed by atoms with Crippen LogP contribution < -0.4 is 0 Å². The molecule has 0 aromatic rings. The fraction of sp³-hybridized carbons (Fsp3) is 0.893. The van der Waals surface area contributed by atoms with Crippen LogP contribution in [-0.4, -0.2) is 60.2 Å². The monoisotopic (exact) mass is 728 g/mol. The number of unbranched alkanes of at least 4 members (excludes halogenated alkanes) is 11. The maximum Gasteiger partial charge on any atom is 0.460 e. The summed E-state index contributed by atoms with van der Waals surface area (Å²) in [4.78, 5) is 11.6. The Morgan fingerprint density at radius 3 is 1.28 bits per heavy atom. The Labute approximate surface area is 260 Å². The lowest BCUT2D eigenvalue weighted by atomic mass is 9.88. The quantitative estimate of drug-likeness (QED) is 0.0428. The van der Waals surface area contributed by atoms with Gasteiger partial charge in [0.05, 0.1) is 13.0 Å². The minimum Gasteiger partial charge on any atom is -0.465 e. The molecule has 0 aliphatic heterocycles. The normalized spacial score (nSPS) is 14.7. The molecule has 0 aromatic carbocycles. The number of halogens is 17. The van der Waals surface area contributed by atoms with Crippen molar-refractivity contribution >= 4 is 5.97 Å². The first kappa shape index (κ1) is 45.0. The van der Waals surface area contributed by atoms with Gasteiger partial charge in [0.2, 0.25) is 0 Å². The van der Waals surface area contributed by atoms with E-state index < -0.39 is 73.1 Å². The molecule has 2 nitrogen and oxygen atoms in total. The molecular formula is C28H37F17O2. The Morgan fingerprint density at radius 1 is 0.489 bits per heavy atom. The summed E-state index contributed by atoms with van der Waals surface area (Å²) in [6.45, 7) is 0.221. The van der Waals surface area contributed by atoms with Gasteiger partial charge in [0.15, 0.2) is 0 Å². The molecule has 19 heteroatoms. The third-order valence-corrected chi connectivity index (χ3v) is 7.11. The summed E-state index contributed by atoms with van der Waals surface area (Å²) in [6.07, 6.45) is 4.54. The van der Waals surface area contributed by atoms with Crippen LogP contribution in [-0.2, 0) is 9.53 Å². The summed E-state index contributed by atoms with van der Waals surface area (Å²) in [5.41, 5.74) is 0. The van der Waals surface area contributed by atoms with Gasteiger partial charge in [-0.05, 0) is 32.1 Å². The van der Waals surface area contributed by atoms with Gasteiger partial charge in [-0.1, -0.05) is 70.4 Å². The van der Waals surface area contributed by atoms with E-state index in [4.69, 9.17) is 0 Å². The van der Waals surface area contributed by atoms with Crippen molar-refractivity contribution in [2.75, 3.05) is 6.61 Å². The predicted molar refractivity (Wildman–Crippen MR) is 136 cm³/mol. The number of carbonyl (C=O) groups is 1. The highest BCUT2D eigenvalue weighted by Gasteiger charge is 2.95. The third-order valence-electron chi connectivity index (χ3n) is 7.11. The first-order valence-electron chi connectivity index (χ1n) is 14.7. The molecule has 0 saturated carbocycles. The number of alkyl halides is 17. The minimum absolute atomic E-state index is 0.0927. The van der Waals surface area contributed by atoms with Crippen molar-refractivity contribution in [2.24, 2.45) is 0 Å². The van der Waals surface area contributed by atoms with E-state index in [1.165, 1.54) is 25.7 Å². The summed E-state index contributed by atoms with van der Waals surface area (Å²) < 4.78 is 230. The Morgan fingerprint density at radius 2 is 0.851 bits per heavy atom. The predicted octanol–water partition coefficient (Wildman–Crippen LogP) is 12.0. The molecule has 0 spiro atoms. The van der Waals surface area contributed by atoms with Gasteiger partial charge in [0.25, 0.3) is 0 Å². The van der Waals surface area contributed by atoms with Crippen LogP contribution in [0.5, 0.6) is 0 Å². The average Bonchev–Trinajstić information content (AvgIpc) is 2.93. The summed E-state index contributed by atoms with van der Waals surface area (Å²) in [6, 6.07) is 0. The van der Waals surface area contributed by atoms with Crippen molar-refractivity contribution in [3.63, 3.8) is 0 Å². The molecule has 0 rings (SSSR count). The number of rotatable bonds is 24. The molecule has 0 N–H and O–H groups in total. The van der Waals surface area contributed by atoms with Crippen molar-refractivity contribution in [1.29, 1.82) is 0 Å². The fourth-order valence-corrected chi connectivity index (χ4v) is 4.06. The zero-order chi connectivity index (χ0) is 37.0. The van der Waals surface area contributed by atoms with Gasteiger partial charge in [-0.25, -0.2) is 0 Å². The van der Waals surface area contributed by atoms with Crippen LogP contribution in [0.15, 0.2) is 12.2 Å². The Bertz CT molecular complexity index is 959. The highest BCUT2D eigenvalue weighted by Crippen LogP contribution is 2.64. The van der Waals surface area contributed by atoms with Crippen molar-refractivity contribution in [3.8, 4) is 0 Å². The largest absolute Gasteiger partial charge is 0.465 e. The maximum absolute atomic E-state index is 13.9. The van der Waals surface area contributed by atoms with Crippen LogP contribution in [0.25, 0.3) is 0 Å². The average molecular weight is 729 g/mol. The molecule has 0 saturated heterocycles. The van der Waals surface area contributed by atoms with Crippen molar-refractivity contribution < 1.29 is 84.2 Å². The molecule has 0 atom stereocenters. The van der Waals surface area contributed by atoms with Gasteiger partial charge in [0.1, 0.15) is 0 Å². The van der Waals surface area contributed by atoms with E-state index in [1.54, 1.807) is 0 Å². The maximum atomic E-state index is 13.9. The minimum atomic E-state index is -8.67. The molecule has 0 aliphatic rings. The van der Waals surface area contributed by atoms with Crippen molar-refractivity contribution in [1.82, 2.24) is 0 Å². The smallest absolute Gasteiger partial charge is 0.460 e. The molecule has 47 heavy (non-hydrogen) atoms. The van der Waals surface area contributed by atoms with Gasteiger partial charge < -0.3 is 4.74 Å². The van der Waals surface area contributed by atoms with Crippen molar-refractivity contribution in [2.45, 2.75) is 151 Å². The number of esters is 1. The number of hydrogen-bond donors (Lipinski definition) is 0. The van der Waals surface area contributed by atoms with E-state index in [-0.39, 0.29) is 6.42 Å². The Balaban J connectivity index is 4.88. The lowest BCUT2D eigenvalue weighted by Gasteiger charge is -2.42. The number of hydrogen-bond acceptors (Lipinski definition) is 2. The van der Waals surface area contributed by atoms with E-state index >= 15 is 0 Å². The molecule has 0 bridgehead atoms. The van der Waals surface area contributed by atoms with Gasteiger partial charge >= 0.3 is 53.6 Å². The molecule has 280 valence electrons. The van der Waals surface area contributed by atoms with Crippen LogP contribution in [0.4, 0.5) is 74.6 Å². The zero-order valence-corrected chi connectivity index (χ0v) is 25.2. The second kappa shape index (κ2) is 17.6. The Hall–Kier alpha value is -1.98. The van der Waals surface area contributed by atoms with Crippen LogP contribution in [0.2, 0.25) is 0 Å². The molecule has 0 heterocycles. The van der Waals surface area contributed by atoms with Crippen LogP contribution in [0.1, 0.15) is 103 Å². The van der Waals surface area contributed by atoms with E-state index in [0.29, 0.717) is 12.8 Å². The van der Waals surface area contributed by atoms with E-state index in [0.717, 1.165) is 38.5 Å². The SMILES string of the molecule is CCCCCCCC/C=C/CCCCCCCC(=O)OCCC(F)(F)C(F)(F)C(F)(F)C(F)(F)C(F)(F)C(F)(F)C(F)(F)C(F)(F)F. The zero-order valence-electron chi connectivity index (χ0n) is 25.2. The highest BCUT2D eigenvalue weighted by atomic mass is 19.4. The first-order valence-corrected chi connectivity index (χ1v) is 14.7. The van der Waals surface area contributed by atoms with E-state index in [9.17, 15) is 79.4 Å². The highest BCUT2D eigenvalue weighted by molar-refractivity contribution is 5.69. The second-order valence-corrected chi connectivity index (χ2v) is 11.0. The van der Waals surface area contributed by atoms with Crippen LogP contribution >= 0.6 is 0 Å². The number of allylic oxidation sites excluding steroid dienone is 2. The number of ether oxygens (including phenoxy) is 1.